The van der Waals surface area contributed by atoms with Gasteiger partial charge in [0.25, 0.3) is 0 Å². The van der Waals surface area contributed by atoms with Gasteiger partial charge < -0.3 is 0 Å². The molecule has 0 aliphatic rings. The van der Waals surface area contributed by atoms with Crippen LogP contribution in [0.15, 0.2) is 23.4 Å². The molecule has 0 aliphatic carbocycles. The highest BCUT2D eigenvalue weighted by molar-refractivity contribution is 6.32. The highest BCUT2D eigenvalue weighted by Gasteiger charge is 2.16. The van der Waals surface area contributed by atoms with E-state index >= 15 is 0 Å². The third-order valence-corrected chi connectivity index (χ3v) is 1.96. The summed E-state index contributed by atoms with van der Waals surface area (Å²) in [6, 6.07) is 4.04. The van der Waals surface area contributed by atoms with Crippen LogP contribution in [-0.4, -0.2) is 0 Å². The number of nitrogens with zero attached hydrogens (tertiary/aromatic N) is 1. The van der Waals surface area contributed by atoms with Crippen LogP contribution in [0.4, 0.5) is 4.39 Å². The SMILES string of the molecule is O=NC(Cl)c1c(F)cccc1Cl. The molecule has 0 aliphatic heterocycles. The Bertz CT molecular complexity index is 285. The van der Waals surface area contributed by atoms with Crippen LogP contribution in [0.3, 0.4) is 0 Å². The van der Waals surface area contributed by atoms with Crippen LogP contribution in [0.5, 0.6) is 0 Å². The summed E-state index contributed by atoms with van der Waals surface area (Å²) in [5, 5.41) is 2.58. The Balaban J connectivity index is 3.20. The number of hydrogen-bond donors (Lipinski definition) is 0. The van der Waals surface area contributed by atoms with Crippen LogP contribution >= 0.6 is 23.2 Å². The normalized spacial score (nSPS) is 12.6. The molecular formula is C7H4Cl2FNO. The highest BCUT2D eigenvalue weighted by atomic mass is 35.5. The van der Waals surface area contributed by atoms with E-state index in [1.54, 1.807) is 0 Å². The van der Waals surface area contributed by atoms with Gasteiger partial charge in [-0.25, -0.2) is 4.39 Å². The van der Waals surface area contributed by atoms with Crippen molar-refractivity contribution in [2.45, 2.75) is 5.50 Å². The van der Waals surface area contributed by atoms with Gasteiger partial charge in [-0.15, -0.1) is 4.91 Å². The van der Waals surface area contributed by atoms with Crippen LogP contribution in [-0.2, 0) is 0 Å². The van der Waals surface area contributed by atoms with E-state index in [-0.39, 0.29) is 10.6 Å². The van der Waals surface area contributed by atoms with Crippen molar-refractivity contribution in [2.75, 3.05) is 0 Å². The fourth-order valence-electron chi connectivity index (χ4n) is 0.791. The van der Waals surface area contributed by atoms with Crippen molar-refractivity contribution in [3.63, 3.8) is 0 Å². The average molecular weight is 208 g/mol. The standard InChI is InChI=1S/C7H4Cl2FNO/c8-4-2-1-3-5(10)6(4)7(9)11-12/h1-3,7H. The van der Waals surface area contributed by atoms with Crippen molar-refractivity contribution in [2.24, 2.45) is 5.18 Å². The summed E-state index contributed by atoms with van der Waals surface area (Å²) >= 11 is 11.0. The molecule has 0 heterocycles. The topological polar surface area (TPSA) is 29.4 Å². The molecule has 1 aromatic rings. The number of rotatable bonds is 2. The van der Waals surface area contributed by atoms with Crippen LogP contribution in [0.25, 0.3) is 0 Å². The molecule has 1 atom stereocenters. The van der Waals surface area contributed by atoms with E-state index < -0.39 is 11.3 Å². The van der Waals surface area contributed by atoms with E-state index in [2.05, 4.69) is 5.18 Å². The maximum atomic E-state index is 12.9. The zero-order valence-corrected chi connectivity index (χ0v) is 7.31. The maximum Gasteiger partial charge on any atom is 0.194 e. The second kappa shape index (κ2) is 3.83. The van der Waals surface area contributed by atoms with Crippen LogP contribution < -0.4 is 0 Å². The Hall–Kier alpha value is -0.670. The average Bonchev–Trinajstić information content (AvgIpc) is 2.03. The lowest BCUT2D eigenvalue weighted by Crippen LogP contribution is -1.92. The molecule has 5 heteroatoms. The van der Waals surface area contributed by atoms with Crippen molar-refractivity contribution >= 4 is 23.2 Å². The lowest BCUT2D eigenvalue weighted by atomic mass is 10.2. The highest BCUT2D eigenvalue weighted by Crippen LogP contribution is 2.30. The molecule has 0 saturated heterocycles. The van der Waals surface area contributed by atoms with Gasteiger partial charge in [0.05, 0.1) is 5.02 Å². The lowest BCUT2D eigenvalue weighted by molar-refractivity contribution is 0.608. The monoisotopic (exact) mass is 207 g/mol. The van der Waals surface area contributed by atoms with Crippen molar-refractivity contribution in [3.8, 4) is 0 Å². The Morgan fingerprint density at radius 2 is 2.17 bits per heavy atom. The smallest absolute Gasteiger partial charge is 0.194 e. The van der Waals surface area contributed by atoms with Gasteiger partial charge in [-0.1, -0.05) is 29.3 Å². The van der Waals surface area contributed by atoms with Gasteiger partial charge in [-0.3, -0.25) is 0 Å². The van der Waals surface area contributed by atoms with Gasteiger partial charge in [0.1, 0.15) is 5.82 Å². The fraction of sp³-hybridized carbons (Fsp3) is 0.143. The van der Waals surface area contributed by atoms with Gasteiger partial charge in [0, 0.05) is 5.56 Å². The third-order valence-electron chi connectivity index (χ3n) is 1.33. The number of hydrogen-bond acceptors (Lipinski definition) is 2. The predicted molar refractivity (Wildman–Crippen MR) is 45.8 cm³/mol. The minimum absolute atomic E-state index is 0.0733. The molecule has 1 unspecified atom stereocenters. The minimum atomic E-state index is -1.27. The first kappa shape index (κ1) is 9.42. The number of benzene rings is 1. The van der Waals surface area contributed by atoms with Gasteiger partial charge in [0.15, 0.2) is 5.50 Å². The predicted octanol–water partition coefficient (Wildman–Crippen LogP) is 3.48. The van der Waals surface area contributed by atoms with E-state index in [1.807, 2.05) is 0 Å². The molecule has 0 aromatic heterocycles. The van der Waals surface area contributed by atoms with Gasteiger partial charge >= 0.3 is 0 Å². The first-order valence-corrected chi connectivity index (χ1v) is 3.88. The lowest BCUT2D eigenvalue weighted by Gasteiger charge is -2.04. The minimum Gasteiger partial charge on any atom is -0.207 e. The number of halogens is 3. The zero-order valence-electron chi connectivity index (χ0n) is 5.80. The Morgan fingerprint density at radius 3 is 2.67 bits per heavy atom. The molecule has 0 saturated carbocycles. The Labute approximate surface area is 78.3 Å². The molecule has 0 bridgehead atoms. The summed E-state index contributed by atoms with van der Waals surface area (Å²) in [5.74, 6) is -0.623. The summed E-state index contributed by atoms with van der Waals surface area (Å²) in [6.07, 6.45) is 0. The van der Waals surface area contributed by atoms with E-state index in [9.17, 15) is 9.30 Å². The first-order chi connectivity index (χ1) is 5.66. The molecule has 0 N–H and O–H groups in total. The van der Waals surface area contributed by atoms with Gasteiger partial charge in [-0.05, 0) is 17.3 Å². The summed E-state index contributed by atoms with van der Waals surface area (Å²) < 4.78 is 12.9. The molecule has 12 heavy (non-hydrogen) atoms. The number of nitroso groups, excluding NO2 is 1. The second-order valence-electron chi connectivity index (χ2n) is 2.08. The molecule has 0 spiro atoms. The Kier molecular flexibility index (Phi) is 3.00. The summed E-state index contributed by atoms with van der Waals surface area (Å²) in [4.78, 5) is 10.0. The van der Waals surface area contributed by atoms with E-state index in [0.29, 0.717) is 0 Å². The first-order valence-electron chi connectivity index (χ1n) is 3.07. The molecule has 1 rings (SSSR count). The van der Waals surface area contributed by atoms with Crippen molar-refractivity contribution in [3.05, 3.63) is 39.5 Å². The summed E-state index contributed by atoms with van der Waals surface area (Å²) in [7, 11) is 0. The third kappa shape index (κ3) is 1.73. The summed E-state index contributed by atoms with van der Waals surface area (Å²) in [6.45, 7) is 0. The molecular weight excluding hydrogens is 204 g/mol. The van der Waals surface area contributed by atoms with E-state index in [1.165, 1.54) is 18.2 Å². The van der Waals surface area contributed by atoms with E-state index in [4.69, 9.17) is 23.2 Å². The molecule has 1 aromatic carbocycles. The fourth-order valence-corrected chi connectivity index (χ4v) is 1.33. The quantitative estimate of drug-likeness (QED) is 0.415. The summed E-state index contributed by atoms with van der Waals surface area (Å²) in [5.41, 5.74) is -1.34. The van der Waals surface area contributed by atoms with Gasteiger partial charge in [0.2, 0.25) is 0 Å². The number of alkyl halides is 1. The molecule has 0 radical (unpaired) electrons. The largest absolute Gasteiger partial charge is 0.207 e. The molecule has 2 nitrogen and oxygen atoms in total. The maximum absolute atomic E-state index is 12.9. The second-order valence-corrected chi connectivity index (χ2v) is 2.90. The van der Waals surface area contributed by atoms with Crippen LogP contribution in [0, 0.1) is 10.7 Å². The van der Waals surface area contributed by atoms with E-state index in [0.717, 1.165) is 0 Å². The van der Waals surface area contributed by atoms with Crippen molar-refractivity contribution in [1.82, 2.24) is 0 Å². The van der Waals surface area contributed by atoms with Crippen LogP contribution in [0.2, 0.25) is 5.02 Å². The van der Waals surface area contributed by atoms with Gasteiger partial charge in [-0.2, -0.15) is 0 Å². The van der Waals surface area contributed by atoms with Crippen molar-refractivity contribution < 1.29 is 4.39 Å². The molecule has 0 fully saturated rings. The molecule has 64 valence electrons. The zero-order chi connectivity index (χ0) is 9.14. The van der Waals surface area contributed by atoms with Crippen molar-refractivity contribution in [1.29, 1.82) is 0 Å². The molecule has 0 amide bonds. The van der Waals surface area contributed by atoms with Crippen LogP contribution in [0.1, 0.15) is 11.1 Å². The Morgan fingerprint density at radius 1 is 1.50 bits per heavy atom.